The molecule has 3 N–H and O–H groups in total. The molecule has 1 aliphatic heterocycles. The summed E-state index contributed by atoms with van der Waals surface area (Å²) in [5.74, 6) is -1.80. The Hall–Kier alpha value is -1.69. The van der Waals surface area contributed by atoms with E-state index in [4.69, 9.17) is 5.73 Å². The van der Waals surface area contributed by atoms with Crippen molar-refractivity contribution < 1.29 is 13.6 Å². The number of carbonyl (C=O) groups excluding carboxylic acids is 1. The van der Waals surface area contributed by atoms with E-state index in [0.29, 0.717) is 18.7 Å². The Kier molecular flexibility index (Phi) is 3.47. The van der Waals surface area contributed by atoms with Gasteiger partial charge >= 0.3 is 6.03 Å². The first-order valence-electron chi connectivity index (χ1n) is 5.73. The molecule has 1 aliphatic rings. The minimum atomic E-state index is -0.910. The third-order valence-corrected chi connectivity index (χ3v) is 2.84. The SMILES string of the molecule is CC(N)CN1CC(c2ccc(F)c(F)c2)NC1=O. The van der Waals surface area contributed by atoms with Gasteiger partial charge in [-0.2, -0.15) is 0 Å². The van der Waals surface area contributed by atoms with Crippen LogP contribution in [0.2, 0.25) is 0 Å². The fourth-order valence-corrected chi connectivity index (χ4v) is 2.01. The lowest BCUT2D eigenvalue weighted by Gasteiger charge is -2.16. The van der Waals surface area contributed by atoms with E-state index < -0.39 is 11.6 Å². The maximum Gasteiger partial charge on any atom is 0.318 e. The van der Waals surface area contributed by atoms with Crippen LogP contribution in [-0.2, 0) is 0 Å². The Bertz CT molecular complexity index is 465. The molecule has 1 heterocycles. The second-order valence-electron chi connectivity index (χ2n) is 4.56. The summed E-state index contributed by atoms with van der Waals surface area (Å²) in [4.78, 5) is 13.2. The van der Waals surface area contributed by atoms with E-state index in [0.717, 1.165) is 12.1 Å². The molecule has 1 fully saturated rings. The first-order chi connectivity index (χ1) is 8.47. The van der Waals surface area contributed by atoms with Gasteiger partial charge in [0.2, 0.25) is 0 Å². The van der Waals surface area contributed by atoms with Gasteiger partial charge in [-0.15, -0.1) is 0 Å². The third kappa shape index (κ3) is 2.59. The fraction of sp³-hybridized carbons (Fsp3) is 0.417. The second kappa shape index (κ2) is 4.89. The summed E-state index contributed by atoms with van der Waals surface area (Å²) in [5.41, 5.74) is 6.18. The molecule has 0 aliphatic carbocycles. The molecule has 0 bridgehead atoms. The smallest absolute Gasteiger partial charge is 0.318 e. The zero-order valence-electron chi connectivity index (χ0n) is 9.99. The average molecular weight is 255 g/mol. The van der Waals surface area contributed by atoms with Gasteiger partial charge in [0.1, 0.15) is 0 Å². The van der Waals surface area contributed by atoms with Crippen molar-refractivity contribution in [2.24, 2.45) is 5.73 Å². The number of nitrogens with one attached hydrogen (secondary N) is 1. The highest BCUT2D eigenvalue weighted by Gasteiger charge is 2.30. The van der Waals surface area contributed by atoms with Crippen LogP contribution in [0.15, 0.2) is 18.2 Å². The predicted molar refractivity (Wildman–Crippen MR) is 62.9 cm³/mol. The van der Waals surface area contributed by atoms with Crippen LogP contribution >= 0.6 is 0 Å². The highest BCUT2D eigenvalue weighted by molar-refractivity contribution is 5.77. The summed E-state index contributed by atoms with van der Waals surface area (Å²) >= 11 is 0. The van der Waals surface area contributed by atoms with Gasteiger partial charge in [0.25, 0.3) is 0 Å². The number of rotatable bonds is 3. The molecule has 0 spiro atoms. The molecule has 18 heavy (non-hydrogen) atoms. The number of carbonyl (C=O) groups is 1. The first kappa shape index (κ1) is 12.8. The molecule has 2 amide bonds. The van der Waals surface area contributed by atoms with Gasteiger partial charge in [-0.3, -0.25) is 0 Å². The van der Waals surface area contributed by atoms with Crippen LogP contribution in [0.5, 0.6) is 0 Å². The summed E-state index contributed by atoms with van der Waals surface area (Å²) in [5, 5.41) is 2.71. The maximum absolute atomic E-state index is 13.1. The minimum absolute atomic E-state index is 0.126. The van der Waals surface area contributed by atoms with E-state index in [1.165, 1.54) is 6.07 Å². The molecule has 0 radical (unpaired) electrons. The molecule has 6 heteroatoms. The largest absolute Gasteiger partial charge is 0.329 e. The average Bonchev–Trinajstić information content (AvgIpc) is 2.63. The lowest BCUT2D eigenvalue weighted by atomic mass is 10.1. The Morgan fingerprint density at radius 3 is 2.83 bits per heavy atom. The molecule has 1 saturated heterocycles. The third-order valence-electron chi connectivity index (χ3n) is 2.84. The Morgan fingerprint density at radius 1 is 1.50 bits per heavy atom. The van der Waals surface area contributed by atoms with Gasteiger partial charge < -0.3 is 16.0 Å². The van der Waals surface area contributed by atoms with E-state index in [1.807, 2.05) is 0 Å². The van der Waals surface area contributed by atoms with E-state index in [-0.39, 0.29) is 18.1 Å². The summed E-state index contributed by atoms with van der Waals surface area (Å²) in [6.07, 6.45) is 0. The zero-order valence-corrected chi connectivity index (χ0v) is 9.99. The first-order valence-corrected chi connectivity index (χ1v) is 5.73. The number of halogens is 2. The lowest BCUT2D eigenvalue weighted by molar-refractivity contribution is 0.215. The van der Waals surface area contributed by atoms with Crippen LogP contribution in [-0.4, -0.2) is 30.1 Å². The van der Waals surface area contributed by atoms with Crippen molar-refractivity contribution in [3.8, 4) is 0 Å². The van der Waals surface area contributed by atoms with Crippen LogP contribution < -0.4 is 11.1 Å². The van der Waals surface area contributed by atoms with Crippen LogP contribution in [0.1, 0.15) is 18.5 Å². The topological polar surface area (TPSA) is 58.4 Å². The summed E-state index contributed by atoms with van der Waals surface area (Å²) < 4.78 is 25.9. The highest BCUT2D eigenvalue weighted by Crippen LogP contribution is 2.21. The Labute approximate surface area is 104 Å². The fourth-order valence-electron chi connectivity index (χ4n) is 2.01. The molecular formula is C12H15F2N3O. The number of hydrogen-bond donors (Lipinski definition) is 2. The molecule has 1 aromatic rings. The number of nitrogens with zero attached hydrogens (tertiary/aromatic N) is 1. The van der Waals surface area contributed by atoms with Gasteiger partial charge in [-0.05, 0) is 24.6 Å². The van der Waals surface area contributed by atoms with Gasteiger partial charge in [-0.1, -0.05) is 6.07 Å². The molecule has 0 aromatic heterocycles. The Morgan fingerprint density at radius 2 is 2.22 bits per heavy atom. The van der Waals surface area contributed by atoms with Crippen LogP contribution in [0.3, 0.4) is 0 Å². The second-order valence-corrected chi connectivity index (χ2v) is 4.56. The molecular weight excluding hydrogens is 240 g/mol. The van der Waals surface area contributed by atoms with Crippen LogP contribution in [0.4, 0.5) is 13.6 Å². The van der Waals surface area contributed by atoms with Gasteiger partial charge in [0.15, 0.2) is 11.6 Å². The van der Waals surface area contributed by atoms with Crippen LogP contribution in [0, 0.1) is 11.6 Å². The quantitative estimate of drug-likeness (QED) is 0.857. The van der Waals surface area contributed by atoms with E-state index in [9.17, 15) is 13.6 Å². The lowest BCUT2D eigenvalue weighted by Crippen LogP contribution is -2.37. The van der Waals surface area contributed by atoms with Crippen molar-refractivity contribution in [2.75, 3.05) is 13.1 Å². The summed E-state index contributed by atoms with van der Waals surface area (Å²) in [6, 6.07) is 2.95. The Balaban J connectivity index is 2.11. The van der Waals surface area contributed by atoms with E-state index >= 15 is 0 Å². The van der Waals surface area contributed by atoms with Crippen molar-refractivity contribution >= 4 is 6.03 Å². The normalized spacial score (nSPS) is 21.0. The zero-order chi connectivity index (χ0) is 13.3. The van der Waals surface area contributed by atoms with E-state index in [1.54, 1.807) is 11.8 Å². The highest BCUT2D eigenvalue weighted by atomic mass is 19.2. The molecule has 0 saturated carbocycles. The van der Waals surface area contributed by atoms with Crippen molar-refractivity contribution in [3.63, 3.8) is 0 Å². The number of nitrogens with two attached hydrogens (primary N) is 1. The monoisotopic (exact) mass is 255 g/mol. The van der Waals surface area contributed by atoms with Crippen molar-refractivity contribution in [1.29, 1.82) is 0 Å². The van der Waals surface area contributed by atoms with Crippen LogP contribution in [0.25, 0.3) is 0 Å². The number of hydrogen-bond acceptors (Lipinski definition) is 2. The molecule has 2 unspecified atom stereocenters. The van der Waals surface area contributed by atoms with Gasteiger partial charge in [-0.25, -0.2) is 13.6 Å². The number of benzene rings is 1. The molecule has 2 atom stereocenters. The van der Waals surface area contributed by atoms with Crippen molar-refractivity contribution in [1.82, 2.24) is 10.2 Å². The van der Waals surface area contributed by atoms with Crippen molar-refractivity contribution in [3.05, 3.63) is 35.4 Å². The molecule has 98 valence electrons. The molecule has 2 rings (SSSR count). The molecule has 4 nitrogen and oxygen atoms in total. The maximum atomic E-state index is 13.1. The standard InChI is InChI=1S/C12H15F2N3O/c1-7(15)5-17-6-11(16-12(17)18)8-2-3-9(13)10(14)4-8/h2-4,7,11H,5-6,15H2,1H3,(H,16,18). The van der Waals surface area contributed by atoms with Gasteiger partial charge in [0, 0.05) is 19.1 Å². The summed E-state index contributed by atoms with van der Waals surface area (Å²) in [6.45, 7) is 2.65. The minimum Gasteiger partial charge on any atom is -0.329 e. The predicted octanol–water partition coefficient (Wildman–Crippen LogP) is 1.38. The van der Waals surface area contributed by atoms with Crippen molar-refractivity contribution in [2.45, 2.75) is 19.0 Å². The van der Waals surface area contributed by atoms with Gasteiger partial charge in [0.05, 0.1) is 6.04 Å². The molecule has 1 aromatic carbocycles. The number of amides is 2. The number of urea groups is 1. The van der Waals surface area contributed by atoms with E-state index in [2.05, 4.69) is 5.32 Å². The summed E-state index contributed by atoms with van der Waals surface area (Å²) in [7, 11) is 0.